The molecule has 0 saturated heterocycles. The normalized spacial score (nSPS) is 10.7. The summed E-state index contributed by atoms with van der Waals surface area (Å²) in [7, 11) is 0. The Morgan fingerprint density at radius 3 is 2.58 bits per heavy atom. The van der Waals surface area contributed by atoms with Gasteiger partial charge in [0.25, 0.3) is 0 Å². The predicted octanol–water partition coefficient (Wildman–Crippen LogP) is 1.82. The number of benzene rings is 1. The summed E-state index contributed by atoms with van der Waals surface area (Å²) < 4.78 is 1.53. The average Bonchev–Trinajstić information content (AvgIpc) is 2.83. The summed E-state index contributed by atoms with van der Waals surface area (Å²) in [6, 6.07) is 7.86. The van der Waals surface area contributed by atoms with Gasteiger partial charge in [-0.05, 0) is 30.3 Å². The molecule has 0 unspecified atom stereocenters. The van der Waals surface area contributed by atoms with Gasteiger partial charge in [-0.1, -0.05) is 0 Å². The van der Waals surface area contributed by atoms with Gasteiger partial charge in [0.15, 0.2) is 5.65 Å². The number of phenols is 1. The van der Waals surface area contributed by atoms with Crippen molar-refractivity contribution in [1.82, 2.24) is 14.8 Å². The molecule has 0 atom stereocenters. The second kappa shape index (κ2) is 4.09. The van der Waals surface area contributed by atoms with E-state index >= 15 is 0 Å². The number of fused-ring (bicyclic) bond motifs is 1. The van der Waals surface area contributed by atoms with Gasteiger partial charge in [-0.15, -0.1) is 0 Å². The van der Waals surface area contributed by atoms with Crippen LogP contribution in [0.25, 0.3) is 16.7 Å². The van der Waals surface area contributed by atoms with Gasteiger partial charge in [0.2, 0.25) is 0 Å². The van der Waals surface area contributed by atoms with Crippen LogP contribution in [0.15, 0.2) is 42.7 Å². The third-order valence-corrected chi connectivity index (χ3v) is 2.80. The maximum absolute atomic E-state index is 11.1. The van der Waals surface area contributed by atoms with Gasteiger partial charge in [-0.2, -0.15) is 5.10 Å². The Morgan fingerprint density at radius 1 is 1.16 bits per heavy atom. The van der Waals surface area contributed by atoms with Crippen LogP contribution in [0.2, 0.25) is 0 Å². The summed E-state index contributed by atoms with van der Waals surface area (Å²) in [6.45, 7) is 0. The lowest BCUT2D eigenvalue weighted by Gasteiger charge is -2.03. The number of pyridine rings is 1. The Bertz CT molecular complexity index is 762. The topological polar surface area (TPSA) is 88.2 Å². The first-order valence-electron chi connectivity index (χ1n) is 5.52. The molecule has 1 aromatic carbocycles. The minimum atomic E-state index is -1.02. The third-order valence-electron chi connectivity index (χ3n) is 2.80. The Hall–Kier alpha value is -2.89. The molecule has 0 aliphatic heterocycles. The van der Waals surface area contributed by atoms with Crippen molar-refractivity contribution < 1.29 is 15.0 Å². The van der Waals surface area contributed by atoms with Crippen LogP contribution in [0.1, 0.15) is 10.4 Å². The molecule has 0 bridgehead atoms. The van der Waals surface area contributed by atoms with Crippen molar-refractivity contribution in [2.45, 2.75) is 0 Å². The fourth-order valence-corrected chi connectivity index (χ4v) is 1.90. The molecule has 0 radical (unpaired) electrons. The first kappa shape index (κ1) is 11.2. The molecular weight excluding hydrogens is 246 g/mol. The number of carboxylic acid groups (broad SMARTS) is 1. The number of rotatable bonds is 2. The molecule has 0 amide bonds. The van der Waals surface area contributed by atoms with E-state index in [4.69, 9.17) is 5.11 Å². The second-order valence-electron chi connectivity index (χ2n) is 3.97. The zero-order valence-corrected chi connectivity index (χ0v) is 9.69. The van der Waals surface area contributed by atoms with Gasteiger partial charge in [-0.25, -0.2) is 14.5 Å². The lowest BCUT2D eigenvalue weighted by Crippen LogP contribution is -2.00. The van der Waals surface area contributed by atoms with E-state index in [0.29, 0.717) is 16.7 Å². The Labute approximate surface area is 107 Å². The Kier molecular flexibility index (Phi) is 2.42. The van der Waals surface area contributed by atoms with Crippen molar-refractivity contribution in [1.29, 1.82) is 0 Å². The molecule has 0 saturated carbocycles. The fourth-order valence-electron chi connectivity index (χ4n) is 1.90. The molecule has 6 nitrogen and oxygen atoms in total. The summed E-state index contributed by atoms with van der Waals surface area (Å²) in [5, 5.41) is 23.0. The van der Waals surface area contributed by atoms with Crippen LogP contribution >= 0.6 is 0 Å². The number of aromatic hydroxyl groups is 1. The second-order valence-corrected chi connectivity index (χ2v) is 3.97. The van der Waals surface area contributed by atoms with Crippen LogP contribution in [0.5, 0.6) is 5.75 Å². The molecule has 0 spiro atoms. The van der Waals surface area contributed by atoms with Gasteiger partial charge in [0.1, 0.15) is 5.75 Å². The van der Waals surface area contributed by atoms with Crippen molar-refractivity contribution in [3.05, 3.63) is 48.3 Å². The maximum atomic E-state index is 11.1. The maximum Gasteiger partial charge on any atom is 0.336 e. The van der Waals surface area contributed by atoms with Crippen LogP contribution in [-0.2, 0) is 0 Å². The van der Waals surface area contributed by atoms with Crippen molar-refractivity contribution in [3.63, 3.8) is 0 Å². The number of nitrogens with zero attached hydrogens (tertiary/aromatic N) is 3. The van der Waals surface area contributed by atoms with E-state index in [1.807, 2.05) is 0 Å². The molecule has 0 aliphatic rings. The van der Waals surface area contributed by atoms with Crippen molar-refractivity contribution >= 4 is 17.0 Å². The minimum Gasteiger partial charge on any atom is -0.508 e. The number of carboxylic acids is 1. The molecule has 19 heavy (non-hydrogen) atoms. The summed E-state index contributed by atoms with van der Waals surface area (Å²) in [5.41, 5.74) is 1.32. The molecule has 94 valence electrons. The number of aromatic nitrogens is 3. The van der Waals surface area contributed by atoms with Gasteiger partial charge >= 0.3 is 5.97 Å². The zero-order valence-electron chi connectivity index (χ0n) is 9.69. The van der Waals surface area contributed by atoms with Gasteiger partial charge in [0, 0.05) is 6.20 Å². The monoisotopic (exact) mass is 255 g/mol. The summed E-state index contributed by atoms with van der Waals surface area (Å²) in [6.07, 6.45) is 2.91. The molecule has 6 heteroatoms. The van der Waals surface area contributed by atoms with Gasteiger partial charge < -0.3 is 10.2 Å². The number of hydrogen-bond acceptors (Lipinski definition) is 4. The quantitative estimate of drug-likeness (QED) is 0.729. The minimum absolute atomic E-state index is 0.152. The highest BCUT2D eigenvalue weighted by Crippen LogP contribution is 2.21. The van der Waals surface area contributed by atoms with Crippen molar-refractivity contribution in [2.75, 3.05) is 0 Å². The zero-order chi connectivity index (χ0) is 13.4. The fraction of sp³-hybridized carbons (Fsp3) is 0. The lowest BCUT2D eigenvalue weighted by atomic mass is 10.2. The highest BCUT2D eigenvalue weighted by atomic mass is 16.4. The van der Waals surface area contributed by atoms with E-state index in [1.54, 1.807) is 12.1 Å². The van der Waals surface area contributed by atoms with E-state index < -0.39 is 5.97 Å². The first-order valence-corrected chi connectivity index (χ1v) is 5.52. The van der Waals surface area contributed by atoms with Crippen LogP contribution in [0, 0.1) is 0 Å². The van der Waals surface area contributed by atoms with E-state index in [9.17, 15) is 9.90 Å². The lowest BCUT2D eigenvalue weighted by molar-refractivity contribution is 0.0699. The molecule has 2 N–H and O–H groups in total. The van der Waals surface area contributed by atoms with E-state index in [1.165, 1.54) is 35.3 Å². The van der Waals surface area contributed by atoms with Crippen LogP contribution < -0.4 is 0 Å². The summed E-state index contributed by atoms with van der Waals surface area (Å²) in [5.74, 6) is -0.864. The number of carbonyl (C=O) groups is 1. The Morgan fingerprint density at radius 2 is 1.89 bits per heavy atom. The van der Waals surface area contributed by atoms with Crippen LogP contribution in [0.3, 0.4) is 0 Å². The summed E-state index contributed by atoms with van der Waals surface area (Å²) >= 11 is 0. The smallest absolute Gasteiger partial charge is 0.336 e. The highest BCUT2D eigenvalue weighted by molar-refractivity contribution is 6.01. The number of aromatic carboxylic acids is 1. The molecule has 2 aromatic heterocycles. The molecule has 0 aliphatic carbocycles. The SMILES string of the molecule is O=C(O)c1ccnc2c1cnn2-c1ccc(O)cc1. The molecule has 0 fully saturated rings. The van der Waals surface area contributed by atoms with E-state index in [-0.39, 0.29) is 11.3 Å². The van der Waals surface area contributed by atoms with Crippen LogP contribution in [-0.4, -0.2) is 30.9 Å². The van der Waals surface area contributed by atoms with Gasteiger partial charge in [0.05, 0.1) is 22.8 Å². The summed E-state index contributed by atoms with van der Waals surface area (Å²) in [4.78, 5) is 15.3. The van der Waals surface area contributed by atoms with Gasteiger partial charge in [-0.3, -0.25) is 0 Å². The van der Waals surface area contributed by atoms with E-state index in [0.717, 1.165) is 0 Å². The first-order chi connectivity index (χ1) is 9.16. The van der Waals surface area contributed by atoms with Crippen molar-refractivity contribution in [2.24, 2.45) is 0 Å². The molecular formula is C13H9N3O3. The average molecular weight is 255 g/mol. The molecule has 3 aromatic rings. The highest BCUT2D eigenvalue weighted by Gasteiger charge is 2.13. The predicted molar refractivity (Wildman–Crippen MR) is 67.5 cm³/mol. The third kappa shape index (κ3) is 1.79. The standard InChI is InChI=1S/C13H9N3O3/c17-9-3-1-8(2-4-9)16-12-11(7-15-16)10(13(18)19)5-6-14-12/h1-7,17H,(H,18,19). The van der Waals surface area contributed by atoms with Crippen LogP contribution in [0.4, 0.5) is 0 Å². The molecule has 2 heterocycles. The largest absolute Gasteiger partial charge is 0.508 e. The Balaban J connectivity index is 2.24. The molecule has 3 rings (SSSR count). The van der Waals surface area contributed by atoms with E-state index in [2.05, 4.69) is 10.1 Å². The number of phenolic OH excluding ortho intramolecular Hbond substituents is 1. The number of hydrogen-bond donors (Lipinski definition) is 2. The van der Waals surface area contributed by atoms with Crippen molar-refractivity contribution in [3.8, 4) is 11.4 Å².